The molecule has 1 atom stereocenters. The van der Waals surface area contributed by atoms with Gasteiger partial charge in [-0.2, -0.15) is 0 Å². The highest BCUT2D eigenvalue weighted by Crippen LogP contribution is 2.17. The van der Waals surface area contributed by atoms with Gasteiger partial charge in [-0.15, -0.1) is 0 Å². The molecule has 0 aliphatic carbocycles. The molecular formula is C68H122O6. The van der Waals surface area contributed by atoms with Crippen molar-refractivity contribution in [2.45, 2.75) is 341 Å². The van der Waals surface area contributed by atoms with Gasteiger partial charge in [-0.1, -0.05) is 293 Å². The average molecular weight is 1040 g/mol. The molecule has 1 unspecified atom stereocenters. The van der Waals surface area contributed by atoms with Crippen LogP contribution in [0.15, 0.2) is 60.8 Å². The smallest absolute Gasteiger partial charge is 0.306 e. The maximum atomic E-state index is 12.8. The van der Waals surface area contributed by atoms with Crippen molar-refractivity contribution in [1.82, 2.24) is 0 Å². The normalized spacial score (nSPS) is 12.4. The minimum atomic E-state index is -0.793. The first kappa shape index (κ1) is 71.1. The van der Waals surface area contributed by atoms with Gasteiger partial charge in [-0.25, -0.2) is 0 Å². The average Bonchev–Trinajstić information content (AvgIpc) is 3.40. The van der Waals surface area contributed by atoms with E-state index in [-0.39, 0.29) is 37.5 Å². The van der Waals surface area contributed by atoms with E-state index in [0.29, 0.717) is 19.3 Å². The molecule has 0 N–H and O–H groups in total. The Morgan fingerprint density at radius 2 is 0.527 bits per heavy atom. The molecule has 0 aliphatic heterocycles. The van der Waals surface area contributed by atoms with Crippen molar-refractivity contribution >= 4 is 17.9 Å². The van der Waals surface area contributed by atoms with Crippen molar-refractivity contribution in [3.8, 4) is 0 Å². The first-order valence-electron chi connectivity index (χ1n) is 32.3. The van der Waals surface area contributed by atoms with E-state index in [2.05, 4.69) is 81.5 Å². The lowest BCUT2D eigenvalue weighted by atomic mass is 10.0. The second-order valence-corrected chi connectivity index (χ2v) is 21.6. The maximum Gasteiger partial charge on any atom is 0.306 e. The standard InChI is InChI=1S/C68H122O6/c1-4-7-10-13-16-19-22-25-27-28-29-30-31-32-33-34-35-36-37-38-39-40-42-43-46-49-52-55-58-61-67(70)73-64-65(63-72-66(69)60-57-54-51-48-45-24-21-18-15-12-9-6-3)74-68(71)62-59-56-53-50-47-44-41-26-23-20-17-14-11-8-5-2/h8,11,17,20,26,28-29,41,47,50,65H,4-7,9-10,12-16,18-19,21-25,27,30-40,42-46,48-49,51-64H2,1-3H3/b11-8-,20-17-,29-28-,41-26-,50-47-. The van der Waals surface area contributed by atoms with E-state index >= 15 is 0 Å². The van der Waals surface area contributed by atoms with E-state index in [1.165, 1.54) is 212 Å². The number of hydrogen-bond acceptors (Lipinski definition) is 6. The Morgan fingerprint density at radius 3 is 0.865 bits per heavy atom. The van der Waals surface area contributed by atoms with Crippen LogP contribution in [0.5, 0.6) is 0 Å². The van der Waals surface area contributed by atoms with Gasteiger partial charge in [0.2, 0.25) is 0 Å². The Labute approximate surface area is 460 Å². The van der Waals surface area contributed by atoms with Crippen LogP contribution in [0.4, 0.5) is 0 Å². The lowest BCUT2D eigenvalue weighted by Crippen LogP contribution is -2.30. The van der Waals surface area contributed by atoms with Gasteiger partial charge in [0.15, 0.2) is 6.10 Å². The molecule has 430 valence electrons. The topological polar surface area (TPSA) is 78.9 Å². The second kappa shape index (κ2) is 62.6. The summed E-state index contributed by atoms with van der Waals surface area (Å²) in [6.07, 6.45) is 79.7. The summed E-state index contributed by atoms with van der Waals surface area (Å²) in [4.78, 5) is 38.2. The zero-order chi connectivity index (χ0) is 53.6. The van der Waals surface area contributed by atoms with Crippen molar-refractivity contribution in [3.05, 3.63) is 60.8 Å². The molecule has 6 heteroatoms. The summed E-state index contributed by atoms with van der Waals surface area (Å²) >= 11 is 0. The Morgan fingerprint density at radius 1 is 0.284 bits per heavy atom. The Bertz CT molecular complexity index is 1330. The van der Waals surface area contributed by atoms with Crippen molar-refractivity contribution in [2.75, 3.05) is 13.2 Å². The van der Waals surface area contributed by atoms with E-state index in [0.717, 1.165) is 77.0 Å². The van der Waals surface area contributed by atoms with Gasteiger partial charge >= 0.3 is 17.9 Å². The van der Waals surface area contributed by atoms with Gasteiger partial charge in [0.25, 0.3) is 0 Å². The zero-order valence-corrected chi connectivity index (χ0v) is 49.4. The van der Waals surface area contributed by atoms with E-state index in [9.17, 15) is 14.4 Å². The van der Waals surface area contributed by atoms with Crippen LogP contribution in [-0.2, 0) is 28.6 Å². The fourth-order valence-electron chi connectivity index (χ4n) is 9.43. The number of unbranched alkanes of at least 4 members (excludes halogenated alkanes) is 38. The van der Waals surface area contributed by atoms with Crippen LogP contribution in [0.2, 0.25) is 0 Å². The number of esters is 3. The molecular weight excluding hydrogens is 913 g/mol. The zero-order valence-electron chi connectivity index (χ0n) is 49.4. The van der Waals surface area contributed by atoms with Gasteiger partial charge in [0, 0.05) is 19.3 Å². The predicted molar refractivity (Wildman–Crippen MR) is 321 cm³/mol. The van der Waals surface area contributed by atoms with E-state index < -0.39 is 6.10 Å². The van der Waals surface area contributed by atoms with Crippen molar-refractivity contribution in [2.24, 2.45) is 0 Å². The summed E-state index contributed by atoms with van der Waals surface area (Å²) in [5.41, 5.74) is 0. The molecule has 0 radical (unpaired) electrons. The number of carbonyl (C=O) groups is 3. The van der Waals surface area contributed by atoms with Gasteiger partial charge < -0.3 is 14.2 Å². The van der Waals surface area contributed by atoms with Crippen LogP contribution in [0.25, 0.3) is 0 Å². The summed E-state index contributed by atoms with van der Waals surface area (Å²) in [7, 11) is 0. The Kier molecular flexibility index (Phi) is 60.2. The maximum absolute atomic E-state index is 12.8. The largest absolute Gasteiger partial charge is 0.462 e. The van der Waals surface area contributed by atoms with Gasteiger partial charge in [-0.05, 0) is 83.5 Å². The Balaban J connectivity index is 4.18. The van der Waals surface area contributed by atoms with Gasteiger partial charge in [-0.3, -0.25) is 14.4 Å². The molecule has 0 fully saturated rings. The third-order valence-electron chi connectivity index (χ3n) is 14.3. The summed E-state index contributed by atoms with van der Waals surface area (Å²) < 4.78 is 16.9. The third-order valence-corrected chi connectivity index (χ3v) is 14.3. The monoisotopic (exact) mass is 1030 g/mol. The number of allylic oxidation sites excluding steroid dienone is 10. The lowest BCUT2D eigenvalue weighted by Gasteiger charge is -2.18. The summed E-state index contributed by atoms with van der Waals surface area (Å²) in [6.45, 7) is 6.53. The molecule has 0 bridgehead atoms. The molecule has 0 aromatic heterocycles. The first-order valence-corrected chi connectivity index (χ1v) is 32.3. The second-order valence-electron chi connectivity index (χ2n) is 21.6. The summed E-state index contributed by atoms with van der Waals surface area (Å²) in [5, 5.41) is 0. The molecule has 0 rings (SSSR count). The molecule has 6 nitrogen and oxygen atoms in total. The number of rotatable bonds is 59. The molecule has 0 saturated heterocycles. The number of hydrogen-bond donors (Lipinski definition) is 0. The van der Waals surface area contributed by atoms with Gasteiger partial charge in [0.1, 0.15) is 13.2 Å². The number of ether oxygens (including phenoxy) is 3. The van der Waals surface area contributed by atoms with Crippen LogP contribution < -0.4 is 0 Å². The van der Waals surface area contributed by atoms with Crippen molar-refractivity contribution < 1.29 is 28.6 Å². The molecule has 0 aromatic rings. The molecule has 0 amide bonds. The lowest BCUT2D eigenvalue weighted by molar-refractivity contribution is -0.167. The minimum absolute atomic E-state index is 0.0872. The summed E-state index contributed by atoms with van der Waals surface area (Å²) in [5.74, 6) is -0.913. The van der Waals surface area contributed by atoms with E-state index in [1.54, 1.807) is 0 Å². The first-order chi connectivity index (χ1) is 36.5. The molecule has 0 spiro atoms. The fraction of sp³-hybridized carbons (Fsp3) is 0.809. The minimum Gasteiger partial charge on any atom is -0.462 e. The van der Waals surface area contributed by atoms with Gasteiger partial charge in [0.05, 0.1) is 0 Å². The van der Waals surface area contributed by atoms with Crippen molar-refractivity contribution in [3.63, 3.8) is 0 Å². The number of carbonyl (C=O) groups excluding carboxylic acids is 3. The highest BCUT2D eigenvalue weighted by molar-refractivity contribution is 5.71. The third kappa shape index (κ3) is 60.0. The molecule has 0 saturated carbocycles. The van der Waals surface area contributed by atoms with E-state index in [4.69, 9.17) is 14.2 Å². The van der Waals surface area contributed by atoms with E-state index in [1.807, 2.05) is 0 Å². The summed E-state index contributed by atoms with van der Waals surface area (Å²) in [6, 6.07) is 0. The van der Waals surface area contributed by atoms with Crippen LogP contribution in [-0.4, -0.2) is 37.2 Å². The fourth-order valence-corrected chi connectivity index (χ4v) is 9.43. The highest BCUT2D eigenvalue weighted by Gasteiger charge is 2.19. The van der Waals surface area contributed by atoms with Crippen molar-refractivity contribution in [1.29, 1.82) is 0 Å². The van der Waals surface area contributed by atoms with Crippen LogP contribution in [0, 0.1) is 0 Å². The van der Waals surface area contributed by atoms with Crippen LogP contribution in [0.1, 0.15) is 335 Å². The Hall–Kier alpha value is -2.89. The molecule has 0 heterocycles. The quantitative estimate of drug-likeness (QED) is 0.0261. The molecule has 74 heavy (non-hydrogen) atoms. The SMILES string of the molecule is CC/C=C\C/C=C\C/C=C\C/C=C\CCCCC(=O)OC(COC(=O)CCCCCCCCCCCCCC)COC(=O)CCCCCCCCCCCCCCCCCCC/C=C\CCCCCCCCCC. The highest BCUT2D eigenvalue weighted by atomic mass is 16.6. The van der Waals surface area contributed by atoms with Crippen LogP contribution in [0.3, 0.4) is 0 Å². The predicted octanol–water partition coefficient (Wildman–Crippen LogP) is 21.9. The molecule has 0 aliphatic rings. The molecule has 0 aromatic carbocycles. The van der Waals surface area contributed by atoms with Crippen LogP contribution >= 0.6 is 0 Å².